The van der Waals surface area contributed by atoms with E-state index in [-0.39, 0.29) is 18.0 Å². The Labute approximate surface area is 235 Å². The van der Waals surface area contributed by atoms with Gasteiger partial charge in [-0.05, 0) is 89.8 Å². The molecule has 0 aromatic heterocycles. The van der Waals surface area contributed by atoms with Crippen LogP contribution in [0.4, 0.5) is 4.79 Å². The van der Waals surface area contributed by atoms with E-state index in [1.807, 2.05) is 39.0 Å². The van der Waals surface area contributed by atoms with Gasteiger partial charge in [-0.25, -0.2) is 4.79 Å². The number of aliphatic hydroxyl groups is 1. The zero-order chi connectivity index (χ0) is 29.3. The molecule has 1 fully saturated rings. The number of ether oxygens (including phenoxy) is 1. The quantitative estimate of drug-likeness (QED) is 0.348. The molecule has 0 spiro atoms. The Balaban J connectivity index is 2.56. The third kappa shape index (κ3) is 9.82. The number of nitrogens with one attached hydrogen (secondary N) is 2. The SMILES string of the molecule is Cc1cccc(C)c1C(C(=O)NC1CCCCC1)N(C(=O)C(CO)NC(=O)OC(C)(C)C)C(C)CCC(C)C. The largest absolute Gasteiger partial charge is 0.444 e. The molecule has 0 bridgehead atoms. The van der Waals surface area contributed by atoms with Gasteiger partial charge in [0, 0.05) is 12.1 Å². The number of hydrogen-bond donors (Lipinski definition) is 3. The maximum atomic E-state index is 14.2. The van der Waals surface area contributed by atoms with Crippen LogP contribution < -0.4 is 10.6 Å². The molecule has 2 rings (SSSR count). The van der Waals surface area contributed by atoms with Gasteiger partial charge in [-0.2, -0.15) is 0 Å². The highest BCUT2D eigenvalue weighted by molar-refractivity contribution is 5.93. The van der Waals surface area contributed by atoms with Gasteiger partial charge >= 0.3 is 6.09 Å². The topological polar surface area (TPSA) is 108 Å². The van der Waals surface area contributed by atoms with E-state index in [4.69, 9.17) is 4.74 Å². The first-order valence-corrected chi connectivity index (χ1v) is 14.5. The smallest absolute Gasteiger partial charge is 0.408 e. The summed E-state index contributed by atoms with van der Waals surface area (Å²) in [6, 6.07) is 3.43. The lowest BCUT2D eigenvalue weighted by molar-refractivity contribution is -0.146. The molecule has 1 aliphatic carbocycles. The lowest BCUT2D eigenvalue weighted by atomic mass is 9.90. The number of aryl methyl sites for hydroxylation is 2. The van der Waals surface area contributed by atoms with Gasteiger partial charge < -0.3 is 25.4 Å². The maximum absolute atomic E-state index is 14.2. The van der Waals surface area contributed by atoms with Crippen molar-refractivity contribution in [3.8, 4) is 0 Å². The molecule has 3 amide bonds. The minimum Gasteiger partial charge on any atom is -0.444 e. The average molecular weight is 546 g/mol. The molecule has 8 nitrogen and oxygen atoms in total. The van der Waals surface area contributed by atoms with Crippen molar-refractivity contribution >= 4 is 17.9 Å². The third-order valence-electron chi connectivity index (χ3n) is 7.36. The molecular formula is C31H51N3O5. The molecule has 0 aliphatic heterocycles. The van der Waals surface area contributed by atoms with Crippen molar-refractivity contribution in [3.05, 3.63) is 34.9 Å². The lowest BCUT2D eigenvalue weighted by Gasteiger charge is -2.40. The fourth-order valence-electron chi connectivity index (χ4n) is 5.31. The Morgan fingerprint density at radius 2 is 1.62 bits per heavy atom. The molecule has 0 saturated heterocycles. The summed E-state index contributed by atoms with van der Waals surface area (Å²) in [4.78, 5) is 42.5. The Bertz CT molecular complexity index is 945. The third-order valence-corrected chi connectivity index (χ3v) is 7.36. The molecule has 3 atom stereocenters. The highest BCUT2D eigenvalue weighted by Crippen LogP contribution is 2.32. The van der Waals surface area contributed by atoms with E-state index in [0.29, 0.717) is 12.3 Å². The Morgan fingerprint density at radius 1 is 1.03 bits per heavy atom. The van der Waals surface area contributed by atoms with Crippen molar-refractivity contribution in [2.45, 2.75) is 130 Å². The highest BCUT2D eigenvalue weighted by atomic mass is 16.6. The van der Waals surface area contributed by atoms with E-state index in [0.717, 1.165) is 55.2 Å². The summed E-state index contributed by atoms with van der Waals surface area (Å²) in [6.45, 7) is 14.7. The predicted molar refractivity (Wildman–Crippen MR) is 154 cm³/mol. The van der Waals surface area contributed by atoms with Crippen molar-refractivity contribution in [3.63, 3.8) is 0 Å². The zero-order valence-corrected chi connectivity index (χ0v) is 25.3. The van der Waals surface area contributed by atoms with Crippen molar-refractivity contribution in [1.82, 2.24) is 15.5 Å². The molecule has 3 unspecified atom stereocenters. The monoisotopic (exact) mass is 545 g/mol. The highest BCUT2D eigenvalue weighted by Gasteiger charge is 2.40. The van der Waals surface area contributed by atoms with Crippen LogP contribution in [0.15, 0.2) is 18.2 Å². The van der Waals surface area contributed by atoms with Crippen LogP contribution in [0.3, 0.4) is 0 Å². The second-order valence-corrected chi connectivity index (χ2v) is 12.5. The molecule has 1 aromatic carbocycles. The number of rotatable bonds is 11. The number of amides is 3. The standard InChI is InChI=1S/C31H51N3O5/c1-20(2)17-18-23(5)34(29(37)25(19-35)33-30(38)39-31(6,7)8)27(26-21(3)13-12-14-22(26)4)28(36)32-24-15-10-9-11-16-24/h12-14,20,23-25,27,35H,9-11,15-19H2,1-8H3,(H,32,36)(H,33,38). The minimum absolute atomic E-state index is 0.0644. The summed E-state index contributed by atoms with van der Waals surface area (Å²) in [5.74, 6) is -0.322. The number of nitrogens with zero attached hydrogens (tertiary/aromatic N) is 1. The van der Waals surface area contributed by atoms with Crippen LogP contribution in [0.25, 0.3) is 0 Å². The van der Waals surface area contributed by atoms with E-state index in [2.05, 4.69) is 24.5 Å². The van der Waals surface area contributed by atoms with E-state index in [1.165, 1.54) is 0 Å². The number of alkyl carbamates (subject to hydrolysis) is 1. The van der Waals surface area contributed by atoms with E-state index in [1.54, 1.807) is 25.7 Å². The van der Waals surface area contributed by atoms with Gasteiger partial charge in [-0.15, -0.1) is 0 Å². The van der Waals surface area contributed by atoms with E-state index >= 15 is 0 Å². The predicted octanol–water partition coefficient (Wildman–Crippen LogP) is 5.33. The molecule has 3 N–H and O–H groups in total. The van der Waals surface area contributed by atoms with Crippen LogP contribution in [0.1, 0.15) is 109 Å². The summed E-state index contributed by atoms with van der Waals surface area (Å²) < 4.78 is 5.36. The molecule has 1 aliphatic rings. The Hall–Kier alpha value is -2.61. The van der Waals surface area contributed by atoms with Gasteiger partial charge in [0.1, 0.15) is 17.7 Å². The summed E-state index contributed by atoms with van der Waals surface area (Å²) >= 11 is 0. The molecule has 39 heavy (non-hydrogen) atoms. The molecule has 8 heteroatoms. The summed E-state index contributed by atoms with van der Waals surface area (Å²) in [5.41, 5.74) is 1.84. The molecular weight excluding hydrogens is 494 g/mol. The van der Waals surface area contributed by atoms with Gasteiger partial charge in [0.25, 0.3) is 0 Å². The van der Waals surface area contributed by atoms with Crippen molar-refractivity contribution in [2.75, 3.05) is 6.61 Å². The number of hydrogen-bond acceptors (Lipinski definition) is 5. The zero-order valence-electron chi connectivity index (χ0n) is 25.3. The second-order valence-electron chi connectivity index (χ2n) is 12.5. The normalized spacial score (nSPS) is 16.8. The fourth-order valence-corrected chi connectivity index (χ4v) is 5.31. The molecule has 1 aromatic rings. The summed E-state index contributed by atoms with van der Waals surface area (Å²) in [5, 5.41) is 16.0. The van der Waals surface area contributed by atoms with Crippen molar-refractivity contribution in [2.24, 2.45) is 5.92 Å². The van der Waals surface area contributed by atoms with Gasteiger partial charge in [-0.3, -0.25) is 9.59 Å². The molecule has 0 heterocycles. The second kappa shape index (κ2) is 14.7. The number of carbonyl (C=O) groups is 3. The van der Waals surface area contributed by atoms with E-state index in [9.17, 15) is 19.5 Å². The fraction of sp³-hybridized carbons (Fsp3) is 0.710. The van der Waals surface area contributed by atoms with Gasteiger partial charge in [0.05, 0.1) is 6.61 Å². The van der Waals surface area contributed by atoms with Gasteiger partial charge in [0.2, 0.25) is 11.8 Å². The Morgan fingerprint density at radius 3 is 2.13 bits per heavy atom. The van der Waals surface area contributed by atoms with Crippen molar-refractivity contribution in [1.29, 1.82) is 0 Å². The van der Waals surface area contributed by atoms with Crippen LogP contribution in [0, 0.1) is 19.8 Å². The van der Waals surface area contributed by atoms with Crippen LogP contribution in [0.2, 0.25) is 0 Å². The first-order valence-electron chi connectivity index (χ1n) is 14.5. The van der Waals surface area contributed by atoms with Gasteiger partial charge in [-0.1, -0.05) is 51.3 Å². The average Bonchev–Trinajstić information content (AvgIpc) is 2.84. The first kappa shape index (κ1) is 32.6. The van der Waals surface area contributed by atoms with Crippen LogP contribution in [-0.2, 0) is 14.3 Å². The van der Waals surface area contributed by atoms with E-state index < -0.39 is 36.3 Å². The summed E-state index contributed by atoms with van der Waals surface area (Å²) in [7, 11) is 0. The number of carbonyl (C=O) groups excluding carboxylic acids is 3. The number of benzene rings is 1. The van der Waals surface area contributed by atoms with Gasteiger partial charge in [0.15, 0.2) is 0 Å². The van der Waals surface area contributed by atoms with Crippen LogP contribution in [0.5, 0.6) is 0 Å². The maximum Gasteiger partial charge on any atom is 0.408 e. The van der Waals surface area contributed by atoms with Crippen LogP contribution in [-0.4, -0.2) is 58.2 Å². The first-order chi connectivity index (χ1) is 18.2. The molecule has 220 valence electrons. The number of aliphatic hydroxyl groups excluding tert-OH is 1. The minimum atomic E-state index is -1.25. The molecule has 0 radical (unpaired) electrons. The Kier molecular flexibility index (Phi) is 12.3. The lowest BCUT2D eigenvalue weighted by Crippen LogP contribution is -2.57. The summed E-state index contributed by atoms with van der Waals surface area (Å²) in [6.07, 6.45) is 5.88. The van der Waals surface area contributed by atoms with Crippen LogP contribution >= 0.6 is 0 Å². The van der Waals surface area contributed by atoms with Crippen molar-refractivity contribution < 1.29 is 24.2 Å². The molecule has 1 saturated carbocycles.